The summed E-state index contributed by atoms with van der Waals surface area (Å²) in [5.41, 5.74) is 1.67. The minimum Gasteiger partial charge on any atom is -0.459 e. The number of carbonyl (C=O) groups excluding carboxylic acids is 1. The molecule has 0 unspecified atom stereocenters. The Morgan fingerprint density at radius 1 is 0.800 bits per heavy atom. The molecule has 1 aromatic carbocycles. The molecule has 1 aromatic heterocycles. The van der Waals surface area contributed by atoms with Crippen molar-refractivity contribution in [2.75, 3.05) is 0 Å². The van der Waals surface area contributed by atoms with Crippen LogP contribution in [-0.4, -0.2) is 22.0 Å². The second kappa shape index (κ2) is 18.9. The number of unbranched alkanes of at least 4 members (excludes halogenated alkanes) is 12. The van der Waals surface area contributed by atoms with Gasteiger partial charge >= 0.3 is 5.97 Å². The Kier molecular flexibility index (Phi) is 15.3. The van der Waals surface area contributed by atoms with Crippen LogP contribution in [0, 0.1) is 11.7 Å². The number of ether oxygens (including phenoxy) is 1. The number of carbonyl (C=O) groups is 1. The molecule has 1 aliphatic rings. The fourth-order valence-electron chi connectivity index (χ4n) is 5.88. The van der Waals surface area contributed by atoms with E-state index in [1.807, 2.05) is 12.4 Å². The van der Waals surface area contributed by atoms with Gasteiger partial charge < -0.3 is 4.74 Å². The number of esters is 1. The van der Waals surface area contributed by atoms with Crippen molar-refractivity contribution in [1.82, 2.24) is 9.97 Å². The summed E-state index contributed by atoms with van der Waals surface area (Å²) in [7, 11) is 0. The van der Waals surface area contributed by atoms with Crippen molar-refractivity contribution in [2.45, 2.75) is 148 Å². The van der Waals surface area contributed by atoms with Gasteiger partial charge in [-0.2, -0.15) is 0 Å². The van der Waals surface area contributed by atoms with Crippen LogP contribution in [0.1, 0.15) is 152 Å². The van der Waals surface area contributed by atoms with E-state index >= 15 is 0 Å². The molecule has 0 spiro atoms. The highest BCUT2D eigenvalue weighted by atomic mass is 19.1. The minimum atomic E-state index is -0.578. The number of halogens is 1. The summed E-state index contributed by atoms with van der Waals surface area (Å²) in [6.07, 6.45) is 28.1. The third kappa shape index (κ3) is 11.7. The number of hydrogen-bond acceptors (Lipinski definition) is 4. The maximum Gasteiger partial charge on any atom is 0.341 e. The zero-order valence-electron chi connectivity index (χ0n) is 25.3. The van der Waals surface area contributed by atoms with Crippen molar-refractivity contribution in [1.29, 1.82) is 0 Å². The topological polar surface area (TPSA) is 52.1 Å². The van der Waals surface area contributed by atoms with E-state index < -0.39 is 11.8 Å². The molecule has 0 N–H and O–H groups in total. The van der Waals surface area contributed by atoms with Crippen LogP contribution < -0.4 is 0 Å². The minimum absolute atomic E-state index is 0.00972. The number of nitrogens with zero attached hydrogens (tertiary/aromatic N) is 2. The lowest BCUT2D eigenvalue weighted by Crippen LogP contribution is -2.25. The molecular weight excluding hydrogens is 499 g/mol. The predicted molar refractivity (Wildman–Crippen MR) is 163 cm³/mol. The molecule has 0 atom stereocenters. The Morgan fingerprint density at radius 2 is 1.38 bits per heavy atom. The molecule has 0 aliphatic heterocycles. The summed E-state index contributed by atoms with van der Waals surface area (Å²) in [6.45, 7) is 4.49. The molecule has 1 fully saturated rings. The predicted octanol–water partition coefficient (Wildman–Crippen LogP) is 10.4. The Hall–Kier alpha value is -2.30. The fourth-order valence-corrected chi connectivity index (χ4v) is 5.88. The molecule has 1 saturated carbocycles. The summed E-state index contributed by atoms with van der Waals surface area (Å²) >= 11 is 0. The van der Waals surface area contributed by atoms with Crippen molar-refractivity contribution in [3.05, 3.63) is 47.5 Å². The number of benzene rings is 1. The molecule has 0 amide bonds. The number of aryl methyl sites for hydroxylation is 1. The largest absolute Gasteiger partial charge is 0.459 e. The van der Waals surface area contributed by atoms with E-state index in [0.717, 1.165) is 50.0 Å². The Morgan fingerprint density at radius 3 is 1.98 bits per heavy atom. The van der Waals surface area contributed by atoms with Crippen LogP contribution in [0.25, 0.3) is 11.4 Å². The van der Waals surface area contributed by atoms with Gasteiger partial charge in [0.2, 0.25) is 0 Å². The average molecular weight is 553 g/mol. The van der Waals surface area contributed by atoms with Crippen LogP contribution >= 0.6 is 0 Å². The van der Waals surface area contributed by atoms with E-state index in [-0.39, 0.29) is 11.7 Å². The molecule has 0 radical (unpaired) electrons. The van der Waals surface area contributed by atoms with Crippen LogP contribution in [0.5, 0.6) is 0 Å². The average Bonchev–Trinajstić information content (AvgIpc) is 2.97. The van der Waals surface area contributed by atoms with Gasteiger partial charge in [0, 0.05) is 18.0 Å². The second-order valence-electron chi connectivity index (χ2n) is 11.9. The number of rotatable bonds is 19. The summed E-state index contributed by atoms with van der Waals surface area (Å²) in [4.78, 5) is 21.6. The molecule has 5 heteroatoms. The van der Waals surface area contributed by atoms with Gasteiger partial charge in [0.25, 0.3) is 0 Å². The standard InChI is InChI=1S/C35H53FN2O2/c1-3-5-7-9-11-12-14-15-17-28-19-22-31(23-20-28)40-35(39)32-24-21-30(25-33(32)36)34-37-26-29(27-38-34)18-16-13-10-8-6-4-2/h21,24-28,31H,3-20,22-23H2,1-2H3. The third-order valence-corrected chi connectivity index (χ3v) is 8.50. The van der Waals surface area contributed by atoms with Gasteiger partial charge in [0.05, 0.1) is 5.56 Å². The molecule has 0 bridgehead atoms. The van der Waals surface area contributed by atoms with Crippen molar-refractivity contribution >= 4 is 5.97 Å². The Balaban J connectivity index is 1.36. The highest BCUT2D eigenvalue weighted by Gasteiger charge is 2.25. The highest BCUT2D eigenvalue weighted by molar-refractivity contribution is 5.90. The fraction of sp³-hybridized carbons (Fsp3) is 0.686. The molecule has 40 heavy (non-hydrogen) atoms. The summed E-state index contributed by atoms with van der Waals surface area (Å²) in [6, 6.07) is 4.57. The molecule has 4 nitrogen and oxygen atoms in total. The molecule has 2 aromatic rings. The van der Waals surface area contributed by atoms with E-state index in [2.05, 4.69) is 23.8 Å². The lowest BCUT2D eigenvalue weighted by atomic mass is 9.84. The molecule has 222 valence electrons. The molecule has 1 heterocycles. The summed E-state index contributed by atoms with van der Waals surface area (Å²) < 4.78 is 20.6. The molecule has 3 rings (SSSR count). The first kappa shape index (κ1) is 32.2. The molecule has 1 aliphatic carbocycles. The van der Waals surface area contributed by atoms with Crippen molar-refractivity contribution in [2.24, 2.45) is 5.92 Å². The monoisotopic (exact) mass is 552 g/mol. The normalized spacial score (nSPS) is 17.2. The zero-order valence-corrected chi connectivity index (χ0v) is 25.3. The van der Waals surface area contributed by atoms with Crippen molar-refractivity contribution < 1.29 is 13.9 Å². The van der Waals surface area contributed by atoms with E-state index in [0.29, 0.717) is 11.4 Å². The summed E-state index contributed by atoms with van der Waals surface area (Å²) in [5, 5.41) is 0. The van der Waals surface area contributed by atoms with E-state index in [4.69, 9.17) is 4.74 Å². The van der Waals surface area contributed by atoms with Crippen LogP contribution in [0.15, 0.2) is 30.6 Å². The highest BCUT2D eigenvalue weighted by Crippen LogP contribution is 2.31. The summed E-state index contributed by atoms with van der Waals surface area (Å²) in [5.74, 6) is 0.0694. The van der Waals surface area contributed by atoms with Crippen LogP contribution in [0.4, 0.5) is 4.39 Å². The van der Waals surface area contributed by atoms with Crippen LogP contribution in [-0.2, 0) is 11.2 Å². The number of aromatic nitrogens is 2. The maximum atomic E-state index is 14.9. The first-order valence-electron chi connectivity index (χ1n) is 16.4. The Labute approximate surface area is 242 Å². The first-order chi connectivity index (χ1) is 19.6. The van der Waals surface area contributed by atoms with Gasteiger partial charge in [-0.15, -0.1) is 0 Å². The second-order valence-corrected chi connectivity index (χ2v) is 11.9. The smallest absolute Gasteiger partial charge is 0.341 e. The van der Waals surface area contributed by atoms with E-state index in [1.165, 1.54) is 102 Å². The first-order valence-corrected chi connectivity index (χ1v) is 16.4. The number of hydrogen-bond donors (Lipinski definition) is 0. The molecule has 0 saturated heterocycles. The van der Waals surface area contributed by atoms with Crippen LogP contribution in [0.2, 0.25) is 0 Å². The van der Waals surface area contributed by atoms with E-state index in [1.54, 1.807) is 6.07 Å². The van der Waals surface area contributed by atoms with Gasteiger partial charge in [-0.1, -0.05) is 110 Å². The lowest BCUT2D eigenvalue weighted by Gasteiger charge is -2.28. The maximum absolute atomic E-state index is 14.9. The van der Waals surface area contributed by atoms with Gasteiger partial charge in [-0.05, 0) is 62.1 Å². The van der Waals surface area contributed by atoms with E-state index in [9.17, 15) is 9.18 Å². The van der Waals surface area contributed by atoms with Gasteiger partial charge in [-0.3, -0.25) is 0 Å². The van der Waals surface area contributed by atoms with Crippen molar-refractivity contribution in [3.63, 3.8) is 0 Å². The van der Waals surface area contributed by atoms with Gasteiger partial charge in [-0.25, -0.2) is 19.2 Å². The van der Waals surface area contributed by atoms with Crippen LogP contribution in [0.3, 0.4) is 0 Å². The molecular formula is C35H53FN2O2. The van der Waals surface area contributed by atoms with Gasteiger partial charge in [0.15, 0.2) is 5.82 Å². The third-order valence-electron chi connectivity index (χ3n) is 8.50. The van der Waals surface area contributed by atoms with Gasteiger partial charge in [0.1, 0.15) is 11.9 Å². The quantitative estimate of drug-likeness (QED) is 0.128. The zero-order chi connectivity index (χ0) is 28.4. The van der Waals surface area contributed by atoms with Crippen molar-refractivity contribution in [3.8, 4) is 11.4 Å². The SMILES string of the molecule is CCCCCCCCCCC1CCC(OC(=O)c2ccc(-c3ncc(CCCCCCCC)cn3)cc2F)CC1. The lowest BCUT2D eigenvalue weighted by molar-refractivity contribution is 0.0156. The Bertz CT molecular complexity index is 970.